The molecule has 2 amide bonds. The van der Waals surface area contributed by atoms with Gasteiger partial charge in [-0.25, -0.2) is 0 Å². The fraction of sp³-hybridized carbons (Fsp3) is 0.619. The predicted molar refractivity (Wildman–Crippen MR) is 104 cm³/mol. The van der Waals surface area contributed by atoms with Gasteiger partial charge in [0.25, 0.3) is 0 Å². The Kier molecular flexibility index (Phi) is 5.08. The largest absolute Gasteiger partial charge is 0.492 e. The Hall–Kier alpha value is -2.08. The number of carbonyl (C=O) groups is 2. The van der Waals surface area contributed by atoms with Gasteiger partial charge in [0.1, 0.15) is 5.75 Å². The number of likely N-dealkylation sites (tertiary alicyclic amines) is 1. The standard InChI is InChI=1S/C21H29N3O3/c1-2-27-18-8-4-3-7-17(18)23-13-11-22(12-14-23)16-24-19(25)15-21(20(24)26)9-5-6-10-21/h3-4,7-8H,2,5-6,9-16H2,1H3. The van der Waals surface area contributed by atoms with Crippen LogP contribution in [-0.2, 0) is 9.59 Å². The van der Waals surface area contributed by atoms with Crippen LogP contribution in [0.5, 0.6) is 5.75 Å². The highest BCUT2D eigenvalue weighted by Crippen LogP contribution is 2.46. The van der Waals surface area contributed by atoms with E-state index in [1.54, 1.807) is 0 Å². The molecule has 0 bridgehead atoms. The number of piperazine rings is 1. The van der Waals surface area contributed by atoms with Crippen molar-refractivity contribution < 1.29 is 14.3 Å². The summed E-state index contributed by atoms with van der Waals surface area (Å²) in [5.41, 5.74) is 0.757. The molecule has 0 aromatic heterocycles. The van der Waals surface area contributed by atoms with Crippen LogP contribution in [0.25, 0.3) is 0 Å². The molecule has 3 aliphatic rings. The molecule has 2 aliphatic heterocycles. The normalized spacial score (nSPS) is 22.9. The highest BCUT2D eigenvalue weighted by atomic mass is 16.5. The van der Waals surface area contributed by atoms with Crippen LogP contribution in [0.4, 0.5) is 5.69 Å². The van der Waals surface area contributed by atoms with Gasteiger partial charge in [0.15, 0.2) is 0 Å². The Morgan fingerprint density at radius 1 is 1.04 bits per heavy atom. The third-order valence-corrected chi connectivity index (χ3v) is 6.27. The van der Waals surface area contributed by atoms with Crippen molar-refractivity contribution in [2.45, 2.75) is 39.0 Å². The summed E-state index contributed by atoms with van der Waals surface area (Å²) in [6.07, 6.45) is 4.34. The lowest BCUT2D eigenvalue weighted by Gasteiger charge is -2.38. The van der Waals surface area contributed by atoms with Crippen molar-refractivity contribution in [3.05, 3.63) is 24.3 Å². The van der Waals surface area contributed by atoms with Gasteiger partial charge in [-0.15, -0.1) is 0 Å². The molecule has 2 saturated heterocycles. The monoisotopic (exact) mass is 371 g/mol. The van der Waals surface area contributed by atoms with Gasteiger partial charge in [-0.05, 0) is 31.9 Å². The zero-order valence-electron chi connectivity index (χ0n) is 16.2. The SMILES string of the molecule is CCOc1ccccc1N1CCN(CN2C(=O)CC3(CCCC3)C2=O)CC1. The van der Waals surface area contributed by atoms with Crippen LogP contribution in [0, 0.1) is 5.41 Å². The van der Waals surface area contributed by atoms with Crippen LogP contribution in [0.2, 0.25) is 0 Å². The summed E-state index contributed by atoms with van der Waals surface area (Å²) in [5.74, 6) is 1.02. The molecule has 3 fully saturated rings. The van der Waals surface area contributed by atoms with Gasteiger partial charge in [0.2, 0.25) is 11.8 Å². The van der Waals surface area contributed by atoms with E-state index in [0.29, 0.717) is 19.7 Å². The molecule has 1 aromatic carbocycles. The third-order valence-electron chi connectivity index (χ3n) is 6.27. The summed E-state index contributed by atoms with van der Waals surface area (Å²) in [5, 5.41) is 0. The van der Waals surface area contributed by atoms with Crippen LogP contribution < -0.4 is 9.64 Å². The first-order chi connectivity index (χ1) is 13.1. The van der Waals surface area contributed by atoms with E-state index in [1.807, 2.05) is 25.1 Å². The highest BCUT2D eigenvalue weighted by molar-refractivity contribution is 6.06. The molecule has 6 nitrogen and oxygen atoms in total. The molecule has 27 heavy (non-hydrogen) atoms. The summed E-state index contributed by atoms with van der Waals surface area (Å²) in [6, 6.07) is 8.13. The number of benzene rings is 1. The lowest BCUT2D eigenvalue weighted by Crippen LogP contribution is -2.51. The van der Waals surface area contributed by atoms with E-state index >= 15 is 0 Å². The Morgan fingerprint density at radius 2 is 1.74 bits per heavy atom. The zero-order valence-corrected chi connectivity index (χ0v) is 16.2. The Bertz CT molecular complexity index is 706. The van der Waals surface area contributed by atoms with Crippen molar-refractivity contribution in [2.75, 3.05) is 44.4 Å². The Balaban J connectivity index is 1.36. The van der Waals surface area contributed by atoms with Gasteiger partial charge in [-0.1, -0.05) is 25.0 Å². The van der Waals surface area contributed by atoms with Gasteiger partial charge in [-0.2, -0.15) is 0 Å². The molecule has 0 N–H and O–H groups in total. The zero-order chi connectivity index (χ0) is 18.9. The van der Waals surface area contributed by atoms with Crippen molar-refractivity contribution in [1.29, 1.82) is 0 Å². The molecule has 1 spiro atoms. The average molecular weight is 371 g/mol. The number of hydrogen-bond donors (Lipinski definition) is 0. The van der Waals surface area contributed by atoms with Crippen LogP contribution >= 0.6 is 0 Å². The minimum absolute atomic E-state index is 0.0195. The van der Waals surface area contributed by atoms with Crippen molar-refractivity contribution in [1.82, 2.24) is 9.80 Å². The summed E-state index contributed by atoms with van der Waals surface area (Å²) in [7, 11) is 0. The minimum Gasteiger partial charge on any atom is -0.492 e. The molecule has 4 rings (SSSR count). The van der Waals surface area contributed by atoms with Crippen molar-refractivity contribution in [3.63, 3.8) is 0 Å². The summed E-state index contributed by atoms with van der Waals surface area (Å²) >= 11 is 0. The van der Waals surface area contributed by atoms with E-state index in [1.165, 1.54) is 4.90 Å². The molecule has 1 saturated carbocycles. The van der Waals surface area contributed by atoms with Crippen molar-refractivity contribution in [2.24, 2.45) is 5.41 Å². The van der Waals surface area contributed by atoms with Crippen LogP contribution in [-0.4, -0.2) is 61.1 Å². The molecular weight excluding hydrogens is 342 g/mol. The lowest BCUT2D eigenvalue weighted by molar-refractivity contribution is -0.143. The number of nitrogens with zero attached hydrogens (tertiary/aromatic N) is 3. The van der Waals surface area contributed by atoms with Crippen LogP contribution in [0.15, 0.2) is 24.3 Å². The second-order valence-electron chi connectivity index (χ2n) is 7.94. The average Bonchev–Trinajstić information content (AvgIpc) is 3.24. The van der Waals surface area contributed by atoms with E-state index < -0.39 is 0 Å². The van der Waals surface area contributed by atoms with Crippen LogP contribution in [0.3, 0.4) is 0 Å². The molecule has 146 valence electrons. The fourth-order valence-corrected chi connectivity index (χ4v) is 4.77. The number of ether oxygens (including phenoxy) is 1. The molecule has 0 atom stereocenters. The topological polar surface area (TPSA) is 53.1 Å². The Labute approximate surface area is 161 Å². The van der Waals surface area contributed by atoms with E-state index in [-0.39, 0.29) is 17.2 Å². The van der Waals surface area contributed by atoms with Crippen LogP contribution in [0.1, 0.15) is 39.0 Å². The van der Waals surface area contributed by atoms with Crippen molar-refractivity contribution >= 4 is 17.5 Å². The number of imide groups is 1. The number of para-hydroxylation sites is 2. The van der Waals surface area contributed by atoms with Gasteiger partial charge in [0.05, 0.1) is 24.4 Å². The summed E-state index contributed by atoms with van der Waals surface area (Å²) in [4.78, 5) is 31.4. The van der Waals surface area contributed by atoms with Crippen molar-refractivity contribution in [3.8, 4) is 5.75 Å². The molecule has 0 unspecified atom stereocenters. The fourth-order valence-electron chi connectivity index (χ4n) is 4.77. The summed E-state index contributed by atoms with van der Waals surface area (Å²) < 4.78 is 5.75. The van der Waals surface area contributed by atoms with E-state index in [4.69, 9.17) is 4.74 Å². The number of anilines is 1. The van der Waals surface area contributed by atoms with Gasteiger partial charge >= 0.3 is 0 Å². The first-order valence-corrected chi connectivity index (χ1v) is 10.2. The maximum Gasteiger partial charge on any atom is 0.237 e. The smallest absolute Gasteiger partial charge is 0.237 e. The highest BCUT2D eigenvalue weighted by Gasteiger charge is 2.52. The molecular formula is C21H29N3O3. The number of carbonyl (C=O) groups excluding carboxylic acids is 2. The summed E-state index contributed by atoms with van der Waals surface area (Å²) in [6.45, 7) is 6.50. The van der Waals surface area contributed by atoms with Gasteiger partial charge < -0.3 is 9.64 Å². The van der Waals surface area contributed by atoms with E-state index in [9.17, 15) is 9.59 Å². The minimum atomic E-state index is -0.366. The lowest BCUT2D eigenvalue weighted by atomic mass is 9.85. The number of hydrogen-bond acceptors (Lipinski definition) is 5. The predicted octanol–water partition coefficient (Wildman–Crippen LogP) is 2.48. The molecule has 0 radical (unpaired) electrons. The Morgan fingerprint density at radius 3 is 2.44 bits per heavy atom. The third kappa shape index (κ3) is 3.43. The molecule has 1 aliphatic carbocycles. The number of rotatable bonds is 5. The van der Waals surface area contributed by atoms with E-state index in [0.717, 1.165) is 63.3 Å². The molecule has 6 heteroatoms. The second-order valence-corrected chi connectivity index (χ2v) is 7.94. The second kappa shape index (κ2) is 7.50. The number of amides is 2. The molecule has 1 aromatic rings. The first kappa shape index (κ1) is 18.3. The first-order valence-electron chi connectivity index (χ1n) is 10.2. The molecule has 2 heterocycles. The maximum absolute atomic E-state index is 12.9. The maximum atomic E-state index is 12.9. The van der Waals surface area contributed by atoms with Gasteiger partial charge in [0, 0.05) is 32.6 Å². The van der Waals surface area contributed by atoms with E-state index in [2.05, 4.69) is 15.9 Å². The van der Waals surface area contributed by atoms with Gasteiger partial charge in [-0.3, -0.25) is 19.4 Å². The quantitative estimate of drug-likeness (QED) is 0.745.